The summed E-state index contributed by atoms with van der Waals surface area (Å²) in [7, 11) is -3.25. The van der Waals surface area contributed by atoms with Crippen LogP contribution in [0.1, 0.15) is 67.2 Å². The molecule has 0 amide bonds. The fraction of sp³-hybridized carbons (Fsp3) is 0.875. The third-order valence-electron chi connectivity index (χ3n) is 2.84. The van der Waals surface area contributed by atoms with Crippen LogP contribution in [-0.2, 0) is 28.9 Å². The van der Waals surface area contributed by atoms with Crippen LogP contribution in [-0.4, -0.2) is 28.7 Å². The predicted octanol–water partition coefficient (Wildman–Crippen LogP) is 5.19. The van der Waals surface area contributed by atoms with E-state index >= 15 is 0 Å². The molecule has 0 spiro atoms. The van der Waals surface area contributed by atoms with Crippen LogP contribution >= 0.6 is 7.60 Å². The Morgan fingerprint density at radius 2 is 1.57 bits per heavy atom. The molecule has 23 heavy (non-hydrogen) atoms. The Balaban J connectivity index is 4.79. The molecule has 0 aliphatic heterocycles. The molecule has 0 aliphatic rings. The molecule has 0 saturated heterocycles. The number of rotatable bonds is 12. The van der Waals surface area contributed by atoms with Crippen LogP contribution in [0.5, 0.6) is 0 Å². The Morgan fingerprint density at radius 3 is 1.96 bits per heavy atom. The standard InChI is InChI=1S/C16H33O5PS/c1-7-9-12-19-22(17,20-13-10-8-2)15(3)11-14-23(18)21-16(4,5)6/h11,14-15H,7-10,12-13H2,1-6H3/b14-11+. The Morgan fingerprint density at radius 1 is 1.09 bits per heavy atom. The lowest BCUT2D eigenvalue weighted by molar-refractivity contribution is 0.154. The van der Waals surface area contributed by atoms with Crippen LogP contribution in [0.25, 0.3) is 0 Å². The minimum atomic E-state index is -3.25. The molecule has 0 fully saturated rings. The molecule has 0 aliphatic carbocycles. The van der Waals surface area contributed by atoms with E-state index in [0.29, 0.717) is 13.2 Å². The van der Waals surface area contributed by atoms with Gasteiger partial charge in [0.05, 0.1) is 24.5 Å². The Hall–Kier alpha value is -0.0000000000000000486. The topological polar surface area (TPSA) is 61.8 Å². The van der Waals surface area contributed by atoms with Crippen molar-refractivity contribution in [2.75, 3.05) is 13.2 Å². The molecular formula is C16H33O5PS. The maximum Gasteiger partial charge on any atom is 0.337 e. The molecule has 0 aromatic rings. The van der Waals surface area contributed by atoms with Crippen LogP contribution in [0.2, 0.25) is 0 Å². The van der Waals surface area contributed by atoms with E-state index in [1.165, 1.54) is 5.41 Å². The Kier molecular flexibility index (Phi) is 11.5. The van der Waals surface area contributed by atoms with Crippen LogP contribution in [0.15, 0.2) is 11.5 Å². The van der Waals surface area contributed by atoms with Gasteiger partial charge in [0, 0.05) is 5.41 Å². The summed E-state index contributed by atoms with van der Waals surface area (Å²) in [5, 5.41) is 1.41. The zero-order valence-corrected chi connectivity index (χ0v) is 17.1. The number of hydrogen-bond donors (Lipinski definition) is 0. The third-order valence-corrected chi connectivity index (χ3v) is 6.14. The number of hydrogen-bond acceptors (Lipinski definition) is 5. The second-order valence-corrected chi connectivity index (χ2v) is 9.81. The Bertz CT molecular complexity index is 403. The van der Waals surface area contributed by atoms with Crippen LogP contribution in [0.4, 0.5) is 0 Å². The molecule has 2 unspecified atom stereocenters. The summed E-state index contributed by atoms with van der Waals surface area (Å²) in [6, 6.07) is 0. The van der Waals surface area contributed by atoms with Gasteiger partial charge in [-0.05, 0) is 40.5 Å². The molecule has 0 saturated carbocycles. The number of unbranched alkanes of at least 4 members (excludes halogenated alkanes) is 2. The summed E-state index contributed by atoms with van der Waals surface area (Å²) in [6.45, 7) is 12.1. The smallest absolute Gasteiger partial charge is 0.308 e. The van der Waals surface area contributed by atoms with E-state index in [1.54, 1.807) is 13.0 Å². The van der Waals surface area contributed by atoms with E-state index < -0.39 is 29.9 Å². The number of allylic oxidation sites excluding steroid dienone is 1. The van der Waals surface area contributed by atoms with Gasteiger partial charge in [-0.3, -0.25) is 8.75 Å². The largest absolute Gasteiger partial charge is 0.337 e. The molecule has 0 aromatic heterocycles. The molecule has 0 bridgehead atoms. The average molecular weight is 368 g/mol. The normalized spacial score (nSPS) is 15.9. The first-order valence-corrected chi connectivity index (χ1v) is 11.1. The van der Waals surface area contributed by atoms with Gasteiger partial charge in [0.2, 0.25) is 0 Å². The lowest BCUT2D eigenvalue weighted by Crippen LogP contribution is -2.19. The zero-order chi connectivity index (χ0) is 17.9. The first kappa shape index (κ1) is 23.0. The van der Waals surface area contributed by atoms with Gasteiger partial charge >= 0.3 is 7.60 Å². The van der Waals surface area contributed by atoms with Gasteiger partial charge in [0.15, 0.2) is 11.1 Å². The highest BCUT2D eigenvalue weighted by atomic mass is 32.2. The van der Waals surface area contributed by atoms with E-state index in [0.717, 1.165) is 25.7 Å². The van der Waals surface area contributed by atoms with Crippen molar-refractivity contribution in [2.45, 2.75) is 78.5 Å². The highest BCUT2D eigenvalue weighted by molar-refractivity contribution is 7.83. The van der Waals surface area contributed by atoms with Crippen molar-refractivity contribution in [1.29, 1.82) is 0 Å². The van der Waals surface area contributed by atoms with Gasteiger partial charge in [-0.25, -0.2) is 4.21 Å². The van der Waals surface area contributed by atoms with E-state index in [1.807, 2.05) is 34.6 Å². The fourth-order valence-corrected chi connectivity index (χ4v) is 4.14. The second-order valence-electron chi connectivity index (χ2n) is 6.44. The van der Waals surface area contributed by atoms with Crippen LogP contribution < -0.4 is 0 Å². The summed E-state index contributed by atoms with van der Waals surface area (Å²) in [5.41, 5.74) is -0.971. The van der Waals surface area contributed by atoms with Crippen molar-refractivity contribution < 1.29 is 22.0 Å². The molecule has 0 N–H and O–H groups in total. The SMILES string of the molecule is CCCCOP(=O)(OCCCC)C(C)/C=C/S(=O)OC(C)(C)C. The predicted molar refractivity (Wildman–Crippen MR) is 96.9 cm³/mol. The average Bonchev–Trinajstić information content (AvgIpc) is 2.43. The highest BCUT2D eigenvalue weighted by Crippen LogP contribution is 2.53. The van der Waals surface area contributed by atoms with Gasteiger partial charge in [0.1, 0.15) is 0 Å². The van der Waals surface area contributed by atoms with Crippen LogP contribution in [0, 0.1) is 0 Å². The summed E-state index contributed by atoms with van der Waals surface area (Å²) in [4.78, 5) is 0. The summed E-state index contributed by atoms with van der Waals surface area (Å²) in [5.74, 6) is 0. The fourth-order valence-electron chi connectivity index (χ4n) is 1.50. The summed E-state index contributed by atoms with van der Waals surface area (Å²) < 4.78 is 41.2. The molecule has 0 radical (unpaired) electrons. The maximum atomic E-state index is 12.9. The second kappa shape index (κ2) is 11.5. The van der Waals surface area contributed by atoms with Crippen molar-refractivity contribution in [2.24, 2.45) is 0 Å². The van der Waals surface area contributed by atoms with Crippen molar-refractivity contribution in [1.82, 2.24) is 0 Å². The molecule has 0 aromatic carbocycles. The minimum Gasteiger partial charge on any atom is -0.308 e. The molecule has 0 rings (SSSR count). The first-order valence-electron chi connectivity index (χ1n) is 8.31. The van der Waals surface area contributed by atoms with Gasteiger partial charge in [-0.2, -0.15) is 0 Å². The van der Waals surface area contributed by atoms with Gasteiger partial charge in [-0.15, -0.1) is 0 Å². The van der Waals surface area contributed by atoms with Crippen molar-refractivity contribution in [3.05, 3.63) is 11.5 Å². The van der Waals surface area contributed by atoms with E-state index in [4.69, 9.17) is 13.2 Å². The lowest BCUT2D eigenvalue weighted by atomic mass is 10.2. The molecule has 138 valence electrons. The van der Waals surface area contributed by atoms with Gasteiger partial charge in [0.25, 0.3) is 0 Å². The maximum absolute atomic E-state index is 12.9. The van der Waals surface area contributed by atoms with Crippen molar-refractivity contribution in [3.63, 3.8) is 0 Å². The summed E-state index contributed by atoms with van der Waals surface area (Å²) >= 11 is -1.57. The zero-order valence-electron chi connectivity index (χ0n) is 15.4. The van der Waals surface area contributed by atoms with Crippen molar-refractivity contribution in [3.8, 4) is 0 Å². The third kappa shape index (κ3) is 11.2. The van der Waals surface area contributed by atoms with Crippen LogP contribution in [0.3, 0.4) is 0 Å². The molecule has 0 heterocycles. The minimum absolute atomic E-state index is 0.402. The van der Waals surface area contributed by atoms with Gasteiger partial charge in [-0.1, -0.05) is 32.8 Å². The van der Waals surface area contributed by atoms with E-state index in [-0.39, 0.29) is 0 Å². The molecular weight excluding hydrogens is 335 g/mol. The highest BCUT2D eigenvalue weighted by Gasteiger charge is 2.31. The quantitative estimate of drug-likeness (QED) is 0.350. The monoisotopic (exact) mass is 368 g/mol. The van der Waals surface area contributed by atoms with E-state index in [9.17, 15) is 8.77 Å². The molecule has 2 atom stereocenters. The molecule has 5 nitrogen and oxygen atoms in total. The first-order chi connectivity index (χ1) is 10.6. The lowest BCUT2D eigenvalue weighted by Gasteiger charge is -2.22. The molecule has 7 heteroatoms. The Labute approximate surface area is 144 Å². The van der Waals surface area contributed by atoms with Crippen molar-refractivity contribution >= 4 is 18.7 Å². The van der Waals surface area contributed by atoms with Gasteiger partial charge < -0.3 is 9.05 Å². The van der Waals surface area contributed by atoms with E-state index in [2.05, 4.69) is 0 Å². The summed E-state index contributed by atoms with van der Waals surface area (Å²) in [6.07, 6.45) is 5.18.